The number of halogens is 2. The van der Waals surface area contributed by atoms with Gasteiger partial charge in [-0.25, -0.2) is 13.8 Å². The highest BCUT2D eigenvalue weighted by molar-refractivity contribution is 5.35. The van der Waals surface area contributed by atoms with Gasteiger partial charge in [-0.3, -0.25) is 0 Å². The fourth-order valence-corrected chi connectivity index (χ4v) is 3.46. The Balaban J connectivity index is 1.69. The lowest BCUT2D eigenvalue weighted by molar-refractivity contribution is 0.119. The van der Waals surface area contributed by atoms with E-state index in [0.717, 1.165) is 36.2 Å². The first-order valence-corrected chi connectivity index (χ1v) is 8.82. The SMILES string of the molecule is Cc1cc(N)nc(CCc2cc(CCC3CCN3C)cc(F)c2F)c1. The van der Waals surface area contributed by atoms with Gasteiger partial charge in [0.25, 0.3) is 0 Å². The second kappa shape index (κ2) is 7.48. The highest BCUT2D eigenvalue weighted by atomic mass is 19.2. The molecule has 0 saturated carbocycles. The molecule has 1 aliphatic heterocycles. The lowest BCUT2D eigenvalue weighted by Crippen LogP contribution is -2.44. The van der Waals surface area contributed by atoms with Gasteiger partial charge in [0.15, 0.2) is 11.6 Å². The van der Waals surface area contributed by atoms with Gasteiger partial charge >= 0.3 is 0 Å². The van der Waals surface area contributed by atoms with E-state index in [1.54, 1.807) is 12.1 Å². The smallest absolute Gasteiger partial charge is 0.162 e. The summed E-state index contributed by atoms with van der Waals surface area (Å²) in [6.45, 7) is 3.07. The summed E-state index contributed by atoms with van der Waals surface area (Å²) in [7, 11) is 2.10. The van der Waals surface area contributed by atoms with E-state index in [4.69, 9.17) is 5.73 Å². The van der Waals surface area contributed by atoms with Gasteiger partial charge in [-0.15, -0.1) is 0 Å². The number of nitrogens with two attached hydrogens (primary N) is 1. The minimum atomic E-state index is -0.758. The third-order valence-corrected chi connectivity index (χ3v) is 5.06. The van der Waals surface area contributed by atoms with Gasteiger partial charge in [-0.1, -0.05) is 6.07 Å². The molecule has 2 heterocycles. The average molecular weight is 345 g/mol. The van der Waals surface area contributed by atoms with Crippen molar-refractivity contribution in [2.45, 2.75) is 45.1 Å². The summed E-state index contributed by atoms with van der Waals surface area (Å²) < 4.78 is 28.1. The summed E-state index contributed by atoms with van der Waals surface area (Å²) in [6.07, 6.45) is 3.90. The number of aromatic nitrogens is 1. The van der Waals surface area contributed by atoms with Crippen molar-refractivity contribution in [3.8, 4) is 0 Å². The van der Waals surface area contributed by atoms with E-state index in [2.05, 4.69) is 16.9 Å². The third kappa shape index (κ3) is 4.34. The zero-order valence-corrected chi connectivity index (χ0v) is 14.9. The third-order valence-electron chi connectivity index (χ3n) is 5.06. The minimum Gasteiger partial charge on any atom is -0.384 e. The molecule has 134 valence electrons. The van der Waals surface area contributed by atoms with Gasteiger partial charge in [0.2, 0.25) is 0 Å². The second-order valence-electron chi connectivity index (χ2n) is 7.07. The summed E-state index contributed by atoms with van der Waals surface area (Å²) in [4.78, 5) is 6.57. The molecule has 0 radical (unpaired) electrons. The van der Waals surface area contributed by atoms with Gasteiger partial charge in [-0.05, 0) is 87.5 Å². The lowest BCUT2D eigenvalue weighted by atomic mass is 9.95. The summed E-state index contributed by atoms with van der Waals surface area (Å²) in [5, 5.41) is 0. The van der Waals surface area contributed by atoms with Crippen LogP contribution < -0.4 is 5.73 Å². The normalized spacial score (nSPS) is 17.5. The fraction of sp³-hybridized carbons (Fsp3) is 0.450. The van der Waals surface area contributed by atoms with Crippen molar-refractivity contribution in [2.24, 2.45) is 0 Å². The van der Waals surface area contributed by atoms with E-state index in [9.17, 15) is 8.78 Å². The molecule has 1 aromatic carbocycles. The molecular formula is C20H25F2N3. The average Bonchev–Trinajstić information content (AvgIpc) is 2.54. The van der Waals surface area contributed by atoms with Crippen LogP contribution in [0, 0.1) is 18.6 Å². The van der Waals surface area contributed by atoms with Gasteiger partial charge in [-0.2, -0.15) is 0 Å². The van der Waals surface area contributed by atoms with Gasteiger partial charge in [0.05, 0.1) is 0 Å². The number of anilines is 1. The molecule has 1 aromatic heterocycles. The Morgan fingerprint density at radius 3 is 2.60 bits per heavy atom. The van der Waals surface area contributed by atoms with Gasteiger partial charge in [0.1, 0.15) is 5.82 Å². The van der Waals surface area contributed by atoms with E-state index >= 15 is 0 Å². The molecule has 0 bridgehead atoms. The molecule has 3 rings (SSSR count). The molecule has 1 unspecified atom stereocenters. The predicted molar refractivity (Wildman–Crippen MR) is 96.5 cm³/mol. The number of likely N-dealkylation sites (tertiary alicyclic amines) is 1. The van der Waals surface area contributed by atoms with Crippen LogP contribution in [0.4, 0.5) is 14.6 Å². The van der Waals surface area contributed by atoms with Crippen LogP contribution in [0.25, 0.3) is 0 Å². The summed E-state index contributed by atoms with van der Waals surface area (Å²) in [5.41, 5.74) is 8.86. The Morgan fingerprint density at radius 1 is 1.16 bits per heavy atom. The topological polar surface area (TPSA) is 42.1 Å². The first-order chi connectivity index (χ1) is 11.9. The zero-order valence-electron chi connectivity index (χ0n) is 14.9. The molecule has 1 aliphatic rings. The Bertz CT molecular complexity index is 741. The lowest BCUT2D eigenvalue weighted by Gasteiger charge is -2.38. The van der Waals surface area contributed by atoms with E-state index in [-0.39, 0.29) is 0 Å². The number of nitrogens with zero attached hydrogens (tertiary/aromatic N) is 2. The van der Waals surface area contributed by atoms with Crippen molar-refractivity contribution in [1.29, 1.82) is 0 Å². The summed E-state index contributed by atoms with van der Waals surface area (Å²) >= 11 is 0. The van der Waals surface area contributed by atoms with Crippen LogP contribution >= 0.6 is 0 Å². The molecule has 2 aromatic rings. The Morgan fingerprint density at radius 2 is 1.96 bits per heavy atom. The van der Waals surface area contributed by atoms with Crippen molar-refractivity contribution in [1.82, 2.24) is 9.88 Å². The Labute approximate surface area is 147 Å². The quantitative estimate of drug-likeness (QED) is 0.868. The van der Waals surface area contributed by atoms with Crippen molar-refractivity contribution < 1.29 is 8.78 Å². The Hall–Kier alpha value is -2.01. The van der Waals surface area contributed by atoms with Crippen LogP contribution in [0.5, 0.6) is 0 Å². The van der Waals surface area contributed by atoms with Gasteiger partial charge in [0, 0.05) is 11.7 Å². The van der Waals surface area contributed by atoms with Crippen LogP contribution in [0.2, 0.25) is 0 Å². The first kappa shape index (κ1) is 17.8. The summed E-state index contributed by atoms with van der Waals surface area (Å²) in [6, 6.07) is 7.43. The Kier molecular flexibility index (Phi) is 5.33. The van der Waals surface area contributed by atoms with Crippen molar-refractivity contribution in [2.75, 3.05) is 19.3 Å². The van der Waals surface area contributed by atoms with Crippen molar-refractivity contribution in [3.05, 3.63) is 58.3 Å². The highest BCUT2D eigenvalue weighted by Crippen LogP contribution is 2.23. The maximum atomic E-state index is 14.2. The molecule has 1 saturated heterocycles. The van der Waals surface area contributed by atoms with Crippen LogP contribution in [0.1, 0.15) is 35.2 Å². The molecule has 25 heavy (non-hydrogen) atoms. The number of rotatable bonds is 6. The number of benzene rings is 1. The maximum absolute atomic E-state index is 14.2. The van der Waals surface area contributed by atoms with Crippen LogP contribution in [-0.2, 0) is 19.3 Å². The standard InChI is InChI=1S/C20H25F2N3/c1-13-9-16(24-19(23)10-13)5-4-15-11-14(12-18(21)20(15)22)3-6-17-7-8-25(17)2/h9-12,17H,3-8H2,1-2H3,(H2,23,24). The molecule has 0 spiro atoms. The number of pyridine rings is 1. The van der Waals surface area contributed by atoms with Crippen molar-refractivity contribution >= 4 is 5.82 Å². The molecule has 0 amide bonds. The van der Waals surface area contributed by atoms with Crippen LogP contribution in [0.3, 0.4) is 0 Å². The highest BCUT2D eigenvalue weighted by Gasteiger charge is 2.23. The first-order valence-electron chi connectivity index (χ1n) is 8.82. The molecular weight excluding hydrogens is 320 g/mol. The van der Waals surface area contributed by atoms with Crippen LogP contribution in [-0.4, -0.2) is 29.5 Å². The maximum Gasteiger partial charge on any atom is 0.162 e. The molecule has 0 aliphatic carbocycles. The molecule has 1 atom stereocenters. The number of aryl methyl sites for hydroxylation is 4. The monoisotopic (exact) mass is 345 g/mol. The fourth-order valence-electron chi connectivity index (χ4n) is 3.46. The van der Waals surface area contributed by atoms with E-state index in [0.29, 0.717) is 30.3 Å². The largest absolute Gasteiger partial charge is 0.384 e. The molecule has 5 heteroatoms. The number of hydrogen-bond acceptors (Lipinski definition) is 3. The van der Waals surface area contributed by atoms with Gasteiger partial charge < -0.3 is 10.6 Å². The predicted octanol–water partition coefficient (Wildman–Crippen LogP) is 3.67. The molecule has 2 N–H and O–H groups in total. The zero-order chi connectivity index (χ0) is 18.0. The van der Waals surface area contributed by atoms with Crippen molar-refractivity contribution in [3.63, 3.8) is 0 Å². The minimum absolute atomic E-state index is 0.413. The van der Waals surface area contributed by atoms with E-state index < -0.39 is 11.6 Å². The molecule has 3 nitrogen and oxygen atoms in total. The summed E-state index contributed by atoms with van der Waals surface area (Å²) in [5.74, 6) is -1.05. The van der Waals surface area contributed by atoms with E-state index in [1.807, 2.05) is 13.0 Å². The number of hydrogen-bond donors (Lipinski definition) is 1. The molecule has 1 fully saturated rings. The second-order valence-corrected chi connectivity index (χ2v) is 7.07. The number of nitrogen functional groups attached to an aromatic ring is 1. The van der Waals surface area contributed by atoms with E-state index in [1.165, 1.54) is 12.5 Å². The van der Waals surface area contributed by atoms with Crippen LogP contribution in [0.15, 0.2) is 24.3 Å².